The first-order valence-corrected chi connectivity index (χ1v) is 22.2. The van der Waals surface area contributed by atoms with Crippen molar-refractivity contribution in [2.24, 2.45) is 0 Å². The van der Waals surface area contributed by atoms with Gasteiger partial charge in [0.15, 0.2) is 0 Å². The molecule has 0 fully saturated rings. The maximum absolute atomic E-state index is 15.0. The summed E-state index contributed by atoms with van der Waals surface area (Å²) in [7, 11) is 0. The van der Waals surface area contributed by atoms with Crippen LogP contribution in [0.5, 0.6) is 0 Å². The van der Waals surface area contributed by atoms with E-state index in [0.29, 0.717) is 22.5 Å². The third kappa shape index (κ3) is 6.79. The molecular formula is C60H36F3N5. The third-order valence-corrected chi connectivity index (χ3v) is 12.9. The van der Waals surface area contributed by atoms with E-state index in [1.54, 1.807) is 18.2 Å². The van der Waals surface area contributed by atoms with Crippen LogP contribution in [-0.4, -0.2) is 19.1 Å². The molecule has 68 heavy (non-hydrogen) atoms. The van der Waals surface area contributed by atoms with Gasteiger partial charge in [0.05, 0.1) is 50.4 Å². The van der Waals surface area contributed by atoms with Crippen LogP contribution in [0.1, 0.15) is 11.1 Å². The monoisotopic (exact) mass is 883 g/mol. The molecule has 0 saturated heterocycles. The molecule has 4 aromatic heterocycles. The SMILES string of the molecule is N#Cc1c(-n2c3ccccc3c3cc(-c4ccc(-c5ccccc5)nc4)ccc32)cc(-c2ccccc2C(F)(F)F)cc1-n1c2ccccc2c2cc(-c3ccc(-c4ccccc4)nc3)ccc21. The fourth-order valence-corrected chi connectivity index (χ4v) is 9.73. The van der Waals surface area contributed by atoms with E-state index in [-0.39, 0.29) is 5.56 Å². The predicted octanol–water partition coefficient (Wildman–Crippen LogP) is 15.9. The highest BCUT2D eigenvalue weighted by Crippen LogP contribution is 2.44. The van der Waals surface area contributed by atoms with Crippen molar-refractivity contribution in [2.45, 2.75) is 6.18 Å². The average molecular weight is 884 g/mol. The van der Waals surface area contributed by atoms with Crippen molar-refractivity contribution in [1.29, 1.82) is 5.26 Å². The molecule has 4 heterocycles. The topological polar surface area (TPSA) is 59.4 Å². The Labute approximate surface area is 388 Å². The number of hydrogen-bond donors (Lipinski definition) is 0. The minimum Gasteiger partial charge on any atom is -0.308 e. The van der Waals surface area contributed by atoms with E-state index in [0.717, 1.165) is 94.4 Å². The lowest BCUT2D eigenvalue weighted by Gasteiger charge is -2.20. The summed E-state index contributed by atoms with van der Waals surface area (Å²) in [6, 6.07) is 68.1. The van der Waals surface area contributed by atoms with Crippen LogP contribution in [0.2, 0.25) is 0 Å². The lowest BCUT2D eigenvalue weighted by molar-refractivity contribution is -0.137. The summed E-state index contributed by atoms with van der Waals surface area (Å²) >= 11 is 0. The van der Waals surface area contributed by atoms with E-state index >= 15 is 0 Å². The Morgan fingerprint density at radius 3 is 1.26 bits per heavy atom. The van der Waals surface area contributed by atoms with Gasteiger partial charge in [-0.2, -0.15) is 18.4 Å². The molecule has 0 amide bonds. The molecule has 0 spiro atoms. The number of aromatic nitrogens is 4. The number of halogens is 3. The zero-order valence-electron chi connectivity index (χ0n) is 36.2. The summed E-state index contributed by atoms with van der Waals surface area (Å²) in [6.07, 6.45) is -0.894. The minimum absolute atomic E-state index is 0.0102. The highest BCUT2D eigenvalue weighted by molar-refractivity contribution is 6.12. The van der Waals surface area contributed by atoms with Gasteiger partial charge in [-0.15, -0.1) is 0 Å². The summed E-state index contributed by atoms with van der Waals surface area (Å²) in [6.45, 7) is 0. The normalized spacial score (nSPS) is 11.7. The van der Waals surface area contributed by atoms with Gasteiger partial charge in [-0.25, -0.2) is 0 Å². The summed E-state index contributed by atoms with van der Waals surface area (Å²) in [4.78, 5) is 9.58. The van der Waals surface area contributed by atoms with Crippen molar-refractivity contribution in [3.05, 3.63) is 230 Å². The van der Waals surface area contributed by atoms with Crippen LogP contribution in [0.3, 0.4) is 0 Å². The number of fused-ring (bicyclic) bond motifs is 6. The highest BCUT2D eigenvalue weighted by Gasteiger charge is 2.34. The molecule has 5 nitrogen and oxygen atoms in total. The molecule has 0 atom stereocenters. The fraction of sp³-hybridized carbons (Fsp3) is 0.0167. The quantitative estimate of drug-likeness (QED) is 0.160. The highest BCUT2D eigenvalue weighted by atomic mass is 19.4. The molecule has 0 saturated carbocycles. The minimum atomic E-state index is -4.64. The first kappa shape index (κ1) is 40.4. The van der Waals surface area contributed by atoms with Crippen molar-refractivity contribution in [2.75, 3.05) is 0 Å². The summed E-state index contributed by atoms with van der Waals surface area (Å²) in [5.74, 6) is 0. The van der Waals surface area contributed by atoms with E-state index in [1.165, 1.54) is 12.1 Å². The first-order chi connectivity index (χ1) is 33.3. The maximum Gasteiger partial charge on any atom is 0.417 e. The van der Waals surface area contributed by atoms with Crippen LogP contribution in [0.4, 0.5) is 13.2 Å². The molecule has 12 rings (SSSR count). The largest absolute Gasteiger partial charge is 0.417 e. The van der Waals surface area contributed by atoms with Gasteiger partial charge in [0, 0.05) is 56.2 Å². The Morgan fingerprint density at radius 2 is 0.809 bits per heavy atom. The Balaban J connectivity index is 1.08. The lowest BCUT2D eigenvalue weighted by Crippen LogP contribution is -2.09. The molecule has 8 heteroatoms. The number of nitriles is 1. The van der Waals surface area contributed by atoms with Gasteiger partial charge in [-0.05, 0) is 89.0 Å². The van der Waals surface area contributed by atoms with Gasteiger partial charge in [0.25, 0.3) is 0 Å². The molecule has 0 N–H and O–H groups in total. The van der Waals surface area contributed by atoms with Crippen molar-refractivity contribution in [3.63, 3.8) is 0 Å². The molecule has 322 valence electrons. The predicted molar refractivity (Wildman–Crippen MR) is 268 cm³/mol. The van der Waals surface area contributed by atoms with E-state index in [2.05, 4.69) is 30.3 Å². The second kappa shape index (κ2) is 16.1. The van der Waals surface area contributed by atoms with Crippen molar-refractivity contribution in [1.82, 2.24) is 19.1 Å². The molecular weight excluding hydrogens is 848 g/mol. The maximum atomic E-state index is 15.0. The van der Waals surface area contributed by atoms with Crippen LogP contribution in [-0.2, 0) is 6.18 Å². The van der Waals surface area contributed by atoms with Crippen LogP contribution in [0.25, 0.3) is 111 Å². The molecule has 0 aliphatic heterocycles. The number of nitrogens with zero attached hydrogens (tertiary/aromatic N) is 5. The van der Waals surface area contributed by atoms with Gasteiger partial charge >= 0.3 is 6.18 Å². The van der Waals surface area contributed by atoms with Crippen LogP contribution in [0, 0.1) is 11.3 Å². The van der Waals surface area contributed by atoms with Crippen LogP contribution < -0.4 is 0 Å². The van der Waals surface area contributed by atoms with Crippen LogP contribution >= 0.6 is 0 Å². The molecule has 0 bridgehead atoms. The molecule has 0 unspecified atom stereocenters. The van der Waals surface area contributed by atoms with Crippen molar-refractivity contribution >= 4 is 43.6 Å². The molecule has 12 aromatic rings. The van der Waals surface area contributed by atoms with E-state index < -0.39 is 11.7 Å². The van der Waals surface area contributed by atoms with Crippen molar-refractivity contribution in [3.8, 4) is 73.3 Å². The standard InChI is InChI=1S/C60H36F3N5/c61-60(62,63)51-20-10-7-17-45(51)44-33-58(67-54-21-11-8-18-46(54)48-31-40(25-29-56(48)67)42-23-27-52(65-36-42)38-13-3-1-4-14-38)50(35-64)59(34-44)68-55-22-12-9-19-47(55)49-32-41(26-30-57(49)68)43-24-28-53(66-37-43)39-15-5-2-6-16-39/h1-34,36-37H. The van der Waals surface area contributed by atoms with Gasteiger partial charge in [0.2, 0.25) is 0 Å². The van der Waals surface area contributed by atoms with Crippen LogP contribution in [0.15, 0.2) is 219 Å². The number of pyridine rings is 2. The summed E-state index contributed by atoms with van der Waals surface area (Å²) < 4.78 is 48.9. The summed E-state index contributed by atoms with van der Waals surface area (Å²) in [5, 5.41) is 15.2. The zero-order chi connectivity index (χ0) is 45.9. The Hall–Kier alpha value is -9.06. The molecule has 8 aromatic carbocycles. The molecule has 0 aliphatic carbocycles. The average Bonchev–Trinajstić information content (AvgIpc) is 3.90. The van der Waals surface area contributed by atoms with Gasteiger partial charge in [-0.1, -0.05) is 140 Å². The molecule has 0 aliphatic rings. The number of benzene rings is 8. The van der Waals surface area contributed by atoms with Gasteiger partial charge < -0.3 is 9.13 Å². The van der Waals surface area contributed by atoms with Gasteiger partial charge in [-0.3, -0.25) is 9.97 Å². The smallest absolute Gasteiger partial charge is 0.308 e. The number of para-hydroxylation sites is 2. The first-order valence-electron chi connectivity index (χ1n) is 22.2. The lowest BCUT2D eigenvalue weighted by atomic mass is 9.96. The fourth-order valence-electron chi connectivity index (χ4n) is 9.73. The van der Waals surface area contributed by atoms with E-state index in [4.69, 9.17) is 9.97 Å². The summed E-state index contributed by atoms with van der Waals surface area (Å²) in [5.41, 5.74) is 11.6. The zero-order valence-corrected chi connectivity index (χ0v) is 36.2. The number of rotatable bonds is 7. The second-order valence-electron chi connectivity index (χ2n) is 16.8. The Kier molecular flexibility index (Phi) is 9.59. The molecule has 0 radical (unpaired) electrons. The second-order valence-corrected chi connectivity index (χ2v) is 16.8. The Bertz CT molecular complexity index is 3720. The number of alkyl halides is 3. The van der Waals surface area contributed by atoms with Crippen molar-refractivity contribution < 1.29 is 13.2 Å². The number of hydrogen-bond acceptors (Lipinski definition) is 3. The Morgan fingerprint density at radius 1 is 0.382 bits per heavy atom. The van der Waals surface area contributed by atoms with Gasteiger partial charge in [0.1, 0.15) is 11.6 Å². The third-order valence-electron chi connectivity index (χ3n) is 12.9. The van der Waals surface area contributed by atoms with E-state index in [1.807, 2.05) is 167 Å². The van der Waals surface area contributed by atoms with E-state index in [9.17, 15) is 18.4 Å².